The van der Waals surface area contributed by atoms with Gasteiger partial charge in [-0.2, -0.15) is 0 Å². The van der Waals surface area contributed by atoms with Gasteiger partial charge in [0.1, 0.15) is 11.9 Å². The van der Waals surface area contributed by atoms with Crippen molar-refractivity contribution in [3.8, 4) is 0 Å². The number of carbonyl (C=O) groups is 1. The number of piperidine rings is 1. The van der Waals surface area contributed by atoms with Gasteiger partial charge in [-0.1, -0.05) is 30.3 Å². The van der Waals surface area contributed by atoms with Gasteiger partial charge in [0.2, 0.25) is 0 Å². The average Bonchev–Trinajstić information content (AvgIpc) is 2.85. The summed E-state index contributed by atoms with van der Waals surface area (Å²) in [6.07, 6.45) is 3.52. The Balaban J connectivity index is 1.24. The minimum absolute atomic E-state index is 0.0999. The molecule has 33 heavy (non-hydrogen) atoms. The number of aryl methyl sites for hydroxylation is 1. The fourth-order valence-corrected chi connectivity index (χ4v) is 5.17. The highest BCUT2D eigenvalue weighted by molar-refractivity contribution is 5.95. The molecule has 4 rings (SSSR count). The Bertz CT molecular complexity index is 917. The van der Waals surface area contributed by atoms with E-state index in [-0.39, 0.29) is 5.84 Å². The molecule has 0 aromatic heterocycles. The number of likely N-dealkylation sites (tertiary alicyclic amines) is 1. The van der Waals surface area contributed by atoms with Crippen molar-refractivity contribution in [3.05, 3.63) is 65.7 Å². The van der Waals surface area contributed by atoms with Crippen LogP contribution >= 0.6 is 0 Å². The number of anilines is 1. The lowest BCUT2D eigenvalue weighted by Gasteiger charge is -2.44. The highest BCUT2D eigenvalue weighted by atomic mass is 16.4. The number of nitrogens with one attached hydrogen (secondary N) is 1. The molecule has 2 aromatic rings. The lowest BCUT2D eigenvalue weighted by Crippen LogP contribution is -2.55. The van der Waals surface area contributed by atoms with Crippen LogP contribution in [0, 0.1) is 5.41 Å². The summed E-state index contributed by atoms with van der Waals surface area (Å²) in [6.45, 7) is 5.71. The van der Waals surface area contributed by atoms with E-state index in [0.29, 0.717) is 12.5 Å². The summed E-state index contributed by atoms with van der Waals surface area (Å²) in [7, 11) is 0. The molecule has 2 saturated heterocycles. The Hall–Kier alpha value is -2.90. The zero-order chi connectivity index (χ0) is 23.2. The summed E-state index contributed by atoms with van der Waals surface area (Å²) in [5.41, 5.74) is 8.69. The van der Waals surface area contributed by atoms with E-state index in [1.807, 2.05) is 42.5 Å². The van der Waals surface area contributed by atoms with Gasteiger partial charge in [0, 0.05) is 56.6 Å². The first-order valence-corrected chi connectivity index (χ1v) is 12.0. The Morgan fingerprint density at radius 3 is 2.18 bits per heavy atom. The Labute approximate surface area is 196 Å². The monoisotopic (exact) mass is 449 g/mol. The molecular weight excluding hydrogens is 414 g/mol. The number of nitrogens with two attached hydrogens (primary N) is 1. The number of aliphatic carboxylic acids is 1. The summed E-state index contributed by atoms with van der Waals surface area (Å²) in [4.78, 5) is 19.1. The van der Waals surface area contributed by atoms with E-state index in [2.05, 4.69) is 26.8 Å². The molecule has 176 valence electrons. The normalized spacial score (nSPS) is 19.3. The molecule has 2 aliphatic rings. The lowest BCUT2D eigenvalue weighted by atomic mass is 9.98. The van der Waals surface area contributed by atoms with E-state index in [4.69, 9.17) is 11.1 Å². The smallest absolute Gasteiger partial charge is 0.320 e. The molecule has 1 unspecified atom stereocenters. The zero-order valence-electron chi connectivity index (χ0n) is 19.2. The molecule has 2 aromatic carbocycles. The molecule has 0 radical (unpaired) electrons. The molecular formula is C26H35N5O2. The van der Waals surface area contributed by atoms with Gasteiger partial charge in [-0.3, -0.25) is 20.0 Å². The number of amidine groups is 1. The van der Waals surface area contributed by atoms with Crippen LogP contribution in [0.2, 0.25) is 0 Å². The second-order valence-corrected chi connectivity index (χ2v) is 9.13. The van der Waals surface area contributed by atoms with Crippen molar-refractivity contribution in [2.24, 2.45) is 5.73 Å². The molecule has 1 atom stereocenters. The third-order valence-corrected chi connectivity index (χ3v) is 7.15. The largest absolute Gasteiger partial charge is 0.480 e. The molecule has 0 saturated carbocycles. The molecule has 4 N–H and O–H groups in total. The maximum atomic E-state index is 12.0. The van der Waals surface area contributed by atoms with Gasteiger partial charge in [0.05, 0.1) is 0 Å². The lowest BCUT2D eigenvalue weighted by molar-refractivity contribution is -0.144. The number of nitrogens with zero attached hydrogens (tertiary/aromatic N) is 3. The van der Waals surface area contributed by atoms with E-state index in [1.165, 1.54) is 11.3 Å². The van der Waals surface area contributed by atoms with Gasteiger partial charge in [0.15, 0.2) is 0 Å². The first kappa shape index (κ1) is 23.3. The van der Waals surface area contributed by atoms with Crippen LogP contribution in [0.1, 0.15) is 30.4 Å². The van der Waals surface area contributed by atoms with E-state index >= 15 is 0 Å². The van der Waals surface area contributed by atoms with Crippen LogP contribution in [0.4, 0.5) is 5.69 Å². The van der Waals surface area contributed by atoms with Gasteiger partial charge in [-0.05, 0) is 55.5 Å². The van der Waals surface area contributed by atoms with Crippen LogP contribution in [-0.2, 0) is 11.2 Å². The first-order valence-electron chi connectivity index (χ1n) is 12.0. The number of piperazine rings is 1. The van der Waals surface area contributed by atoms with Gasteiger partial charge >= 0.3 is 5.97 Å². The van der Waals surface area contributed by atoms with Crippen molar-refractivity contribution >= 4 is 17.5 Å². The second-order valence-electron chi connectivity index (χ2n) is 9.13. The molecule has 0 amide bonds. The quantitative estimate of drug-likeness (QED) is 0.424. The SMILES string of the molecule is N=C(N)c1ccc(N2CCN(C3CCN(C(CCc4ccccc4)C(=O)O)CC3)CC2)cc1. The van der Waals surface area contributed by atoms with Crippen LogP contribution < -0.4 is 10.6 Å². The third-order valence-electron chi connectivity index (χ3n) is 7.15. The average molecular weight is 450 g/mol. The van der Waals surface area contributed by atoms with E-state index in [1.54, 1.807) is 0 Å². The number of rotatable bonds is 8. The Morgan fingerprint density at radius 1 is 0.970 bits per heavy atom. The van der Waals surface area contributed by atoms with Gasteiger partial charge in [0.25, 0.3) is 0 Å². The number of hydrogen-bond donors (Lipinski definition) is 3. The predicted molar refractivity (Wildman–Crippen MR) is 132 cm³/mol. The van der Waals surface area contributed by atoms with E-state index in [9.17, 15) is 9.90 Å². The van der Waals surface area contributed by atoms with Gasteiger partial charge in [-0.25, -0.2) is 0 Å². The fourth-order valence-electron chi connectivity index (χ4n) is 5.17. The first-order chi connectivity index (χ1) is 16.0. The number of benzene rings is 2. The summed E-state index contributed by atoms with van der Waals surface area (Å²) in [6, 6.07) is 18.2. The summed E-state index contributed by atoms with van der Waals surface area (Å²) >= 11 is 0. The Kier molecular flexibility index (Phi) is 7.62. The van der Waals surface area contributed by atoms with Crippen molar-refractivity contribution in [2.75, 3.05) is 44.2 Å². The molecule has 2 fully saturated rings. The molecule has 7 nitrogen and oxygen atoms in total. The minimum Gasteiger partial charge on any atom is -0.480 e. The summed E-state index contributed by atoms with van der Waals surface area (Å²) < 4.78 is 0. The van der Waals surface area contributed by atoms with Crippen molar-refractivity contribution < 1.29 is 9.90 Å². The fraction of sp³-hybridized carbons (Fsp3) is 0.462. The minimum atomic E-state index is -0.700. The van der Waals surface area contributed by atoms with Crippen LogP contribution in [0.5, 0.6) is 0 Å². The van der Waals surface area contributed by atoms with Crippen LogP contribution in [0.15, 0.2) is 54.6 Å². The van der Waals surface area contributed by atoms with E-state index < -0.39 is 12.0 Å². The molecule has 0 aliphatic carbocycles. The highest BCUT2D eigenvalue weighted by Crippen LogP contribution is 2.24. The molecule has 2 heterocycles. The van der Waals surface area contributed by atoms with Gasteiger partial charge in [-0.15, -0.1) is 0 Å². The van der Waals surface area contributed by atoms with E-state index in [0.717, 1.165) is 64.1 Å². The maximum Gasteiger partial charge on any atom is 0.320 e. The predicted octanol–water partition coefficient (Wildman–Crippen LogP) is 2.64. The van der Waals surface area contributed by atoms with Crippen molar-refractivity contribution in [2.45, 2.75) is 37.8 Å². The van der Waals surface area contributed by atoms with Crippen LogP contribution in [0.3, 0.4) is 0 Å². The van der Waals surface area contributed by atoms with Crippen molar-refractivity contribution in [3.63, 3.8) is 0 Å². The molecule has 2 aliphatic heterocycles. The van der Waals surface area contributed by atoms with Gasteiger partial charge < -0.3 is 15.7 Å². The zero-order valence-corrected chi connectivity index (χ0v) is 19.2. The van der Waals surface area contributed by atoms with Crippen LogP contribution in [0.25, 0.3) is 0 Å². The summed E-state index contributed by atoms with van der Waals surface area (Å²) in [5, 5.41) is 17.4. The number of nitrogen functional groups attached to an aromatic ring is 1. The van der Waals surface area contributed by atoms with Crippen LogP contribution in [-0.4, -0.2) is 78.1 Å². The second kappa shape index (κ2) is 10.8. The third kappa shape index (κ3) is 5.92. The number of carboxylic acid groups (broad SMARTS) is 1. The Morgan fingerprint density at radius 2 is 1.61 bits per heavy atom. The number of hydrogen-bond acceptors (Lipinski definition) is 5. The molecule has 7 heteroatoms. The molecule has 0 spiro atoms. The topological polar surface area (TPSA) is 96.9 Å². The number of carboxylic acids is 1. The maximum absolute atomic E-state index is 12.0. The van der Waals surface area contributed by atoms with Crippen molar-refractivity contribution in [1.29, 1.82) is 5.41 Å². The summed E-state index contributed by atoms with van der Waals surface area (Å²) in [5.74, 6) is -0.600. The molecule has 0 bridgehead atoms. The van der Waals surface area contributed by atoms with Crippen molar-refractivity contribution in [1.82, 2.24) is 9.80 Å². The standard InChI is InChI=1S/C26H35N5O2/c27-25(28)21-7-9-22(10-8-21)29-16-18-30(19-17-29)23-12-14-31(15-13-23)24(26(32)33)11-6-20-4-2-1-3-5-20/h1-5,7-10,23-24H,6,11-19H2,(H3,27,28)(H,32,33). The highest BCUT2D eigenvalue weighted by Gasteiger charge is 2.32.